The summed E-state index contributed by atoms with van der Waals surface area (Å²) in [4.78, 5) is 18.1. The van der Waals surface area contributed by atoms with Crippen molar-refractivity contribution in [3.63, 3.8) is 0 Å². The van der Waals surface area contributed by atoms with Crippen molar-refractivity contribution in [2.75, 3.05) is 37.4 Å². The maximum absolute atomic E-state index is 11.7. The Kier molecular flexibility index (Phi) is 4.79. The minimum absolute atomic E-state index is 0.209. The molecule has 0 aliphatic carbocycles. The lowest BCUT2D eigenvalue weighted by Crippen LogP contribution is -2.36. The number of aromatic nitrogens is 1. The van der Waals surface area contributed by atoms with Crippen molar-refractivity contribution in [1.29, 1.82) is 0 Å². The molecule has 1 unspecified atom stereocenters. The minimum atomic E-state index is -0.449. The summed E-state index contributed by atoms with van der Waals surface area (Å²) in [5.74, 6) is 0.756. The smallest absolute Gasteiger partial charge is 0.340 e. The van der Waals surface area contributed by atoms with Gasteiger partial charge >= 0.3 is 5.97 Å². The number of pyridine rings is 1. The number of nitrogens with two attached hydrogens (primary N) is 1. The van der Waals surface area contributed by atoms with E-state index in [1.54, 1.807) is 6.07 Å². The van der Waals surface area contributed by atoms with Crippen LogP contribution in [0, 0.1) is 5.92 Å². The van der Waals surface area contributed by atoms with Gasteiger partial charge in [-0.05, 0) is 31.2 Å². The predicted molar refractivity (Wildman–Crippen MR) is 76.6 cm³/mol. The first kappa shape index (κ1) is 14.6. The number of methoxy groups -OCH3 is 1. The lowest BCUT2D eigenvalue weighted by Gasteiger charge is -2.33. The molecule has 0 spiro atoms. The van der Waals surface area contributed by atoms with Gasteiger partial charge in [0.15, 0.2) is 0 Å². The number of carbonyl (C=O) groups is 1. The highest BCUT2D eigenvalue weighted by Crippen LogP contribution is 2.25. The highest BCUT2D eigenvalue weighted by molar-refractivity contribution is 5.95. The van der Waals surface area contributed by atoms with Gasteiger partial charge in [-0.1, -0.05) is 0 Å². The number of aliphatic hydroxyl groups excluding tert-OH is 1. The fourth-order valence-electron chi connectivity index (χ4n) is 2.61. The quantitative estimate of drug-likeness (QED) is 0.801. The van der Waals surface area contributed by atoms with Gasteiger partial charge in [0, 0.05) is 19.7 Å². The van der Waals surface area contributed by atoms with E-state index in [9.17, 15) is 4.79 Å². The molecule has 3 N–H and O–H groups in total. The lowest BCUT2D eigenvalue weighted by atomic mass is 9.95. The van der Waals surface area contributed by atoms with E-state index in [2.05, 4.69) is 9.88 Å². The first-order valence-electron chi connectivity index (χ1n) is 6.85. The number of aliphatic hydroxyl groups is 1. The number of esters is 1. The molecule has 1 aromatic heterocycles. The Balaban J connectivity index is 2.17. The Morgan fingerprint density at radius 1 is 1.65 bits per heavy atom. The summed E-state index contributed by atoms with van der Waals surface area (Å²) in [5.41, 5.74) is 6.43. The topological polar surface area (TPSA) is 88.7 Å². The molecule has 1 aliphatic heterocycles. The molecule has 1 aliphatic rings. The number of rotatable bonds is 4. The van der Waals surface area contributed by atoms with Crippen LogP contribution in [0.15, 0.2) is 12.3 Å². The van der Waals surface area contributed by atoms with Crippen LogP contribution >= 0.6 is 0 Å². The molecule has 2 heterocycles. The number of anilines is 2. The van der Waals surface area contributed by atoms with E-state index in [4.69, 9.17) is 15.6 Å². The van der Waals surface area contributed by atoms with Gasteiger partial charge < -0.3 is 20.5 Å². The van der Waals surface area contributed by atoms with Gasteiger partial charge in [0.2, 0.25) is 0 Å². The average Bonchev–Trinajstić information content (AvgIpc) is 2.47. The number of ether oxygens (including phenoxy) is 1. The highest BCUT2D eigenvalue weighted by atomic mass is 16.5. The maximum atomic E-state index is 11.7. The number of nitrogens with zero attached hydrogens (tertiary/aromatic N) is 2. The zero-order valence-corrected chi connectivity index (χ0v) is 11.7. The summed E-state index contributed by atoms with van der Waals surface area (Å²) < 4.78 is 4.72. The number of hydrogen-bond donors (Lipinski definition) is 2. The maximum Gasteiger partial charge on any atom is 0.340 e. The number of nitrogen functional groups attached to an aromatic ring is 1. The van der Waals surface area contributed by atoms with Gasteiger partial charge in [0.05, 0.1) is 24.6 Å². The third-order valence-corrected chi connectivity index (χ3v) is 3.71. The first-order valence-corrected chi connectivity index (χ1v) is 6.85. The summed E-state index contributed by atoms with van der Waals surface area (Å²) in [5, 5.41) is 9.05. The second kappa shape index (κ2) is 6.56. The van der Waals surface area contributed by atoms with Crippen molar-refractivity contribution in [3.05, 3.63) is 17.8 Å². The highest BCUT2D eigenvalue weighted by Gasteiger charge is 2.22. The van der Waals surface area contributed by atoms with E-state index < -0.39 is 5.97 Å². The van der Waals surface area contributed by atoms with E-state index in [-0.39, 0.29) is 6.61 Å². The van der Waals surface area contributed by atoms with Crippen LogP contribution in [-0.2, 0) is 4.74 Å². The van der Waals surface area contributed by atoms with Crippen molar-refractivity contribution < 1.29 is 14.6 Å². The van der Waals surface area contributed by atoms with E-state index in [1.165, 1.54) is 13.3 Å². The Labute approximate surface area is 118 Å². The van der Waals surface area contributed by atoms with Gasteiger partial charge in [-0.15, -0.1) is 0 Å². The van der Waals surface area contributed by atoms with Crippen LogP contribution in [0.5, 0.6) is 0 Å². The molecule has 0 bridgehead atoms. The predicted octanol–water partition coefficient (Wildman–Crippen LogP) is 1.05. The molecule has 2 rings (SSSR count). The van der Waals surface area contributed by atoms with Crippen LogP contribution < -0.4 is 10.6 Å². The number of hydrogen-bond acceptors (Lipinski definition) is 6. The summed E-state index contributed by atoms with van der Waals surface area (Å²) >= 11 is 0. The van der Waals surface area contributed by atoms with Crippen LogP contribution in [-0.4, -0.2) is 42.9 Å². The molecule has 0 saturated carbocycles. The van der Waals surface area contributed by atoms with Crippen molar-refractivity contribution in [1.82, 2.24) is 4.98 Å². The Morgan fingerprint density at radius 2 is 2.45 bits per heavy atom. The van der Waals surface area contributed by atoms with Crippen LogP contribution in [0.1, 0.15) is 29.6 Å². The first-order chi connectivity index (χ1) is 9.65. The molecule has 1 atom stereocenters. The van der Waals surface area contributed by atoms with E-state index in [1.807, 2.05) is 0 Å². The molecule has 110 valence electrons. The Morgan fingerprint density at radius 3 is 3.15 bits per heavy atom. The molecule has 0 aromatic carbocycles. The lowest BCUT2D eigenvalue weighted by molar-refractivity contribution is 0.0602. The molecule has 0 radical (unpaired) electrons. The van der Waals surface area contributed by atoms with Crippen LogP contribution in [0.3, 0.4) is 0 Å². The molecule has 6 heteroatoms. The van der Waals surface area contributed by atoms with Gasteiger partial charge in [0.1, 0.15) is 5.82 Å². The van der Waals surface area contributed by atoms with Crippen molar-refractivity contribution in [3.8, 4) is 0 Å². The van der Waals surface area contributed by atoms with Gasteiger partial charge in [-0.2, -0.15) is 0 Å². The number of carbonyl (C=O) groups excluding carboxylic acids is 1. The fourth-order valence-corrected chi connectivity index (χ4v) is 2.61. The third kappa shape index (κ3) is 3.19. The monoisotopic (exact) mass is 279 g/mol. The van der Waals surface area contributed by atoms with Crippen LogP contribution in [0.4, 0.5) is 11.5 Å². The van der Waals surface area contributed by atoms with Crippen LogP contribution in [0.2, 0.25) is 0 Å². The third-order valence-electron chi connectivity index (χ3n) is 3.71. The van der Waals surface area contributed by atoms with E-state index in [0.29, 0.717) is 17.2 Å². The molecular weight excluding hydrogens is 258 g/mol. The van der Waals surface area contributed by atoms with Crippen molar-refractivity contribution in [2.45, 2.75) is 19.3 Å². The molecule has 6 nitrogen and oxygen atoms in total. The number of piperidine rings is 1. The minimum Gasteiger partial charge on any atom is -0.465 e. The summed E-state index contributed by atoms with van der Waals surface area (Å²) in [6, 6.07) is 1.68. The fraction of sp³-hybridized carbons (Fsp3) is 0.571. The van der Waals surface area contributed by atoms with E-state index >= 15 is 0 Å². The van der Waals surface area contributed by atoms with Gasteiger partial charge in [-0.3, -0.25) is 0 Å². The summed E-state index contributed by atoms with van der Waals surface area (Å²) in [7, 11) is 1.33. The van der Waals surface area contributed by atoms with Gasteiger partial charge in [-0.25, -0.2) is 9.78 Å². The molecule has 20 heavy (non-hydrogen) atoms. The zero-order chi connectivity index (χ0) is 14.5. The second-order valence-electron chi connectivity index (χ2n) is 5.09. The summed E-state index contributed by atoms with van der Waals surface area (Å²) in [6.45, 7) is 1.96. The SMILES string of the molecule is COC(=O)c1cc(N2CCCC(CCO)C2)ncc1N. The molecule has 0 amide bonds. The molecular formula is C14H21N3O3. The Bertz CT molecular complexity index is 477. The van der Waals surface area contributed by atoms with Crippen molar-refractivity contribution in [2.24, 2.45) is 5.92 Å². The van der Waals surface area contributed by atoms with Crippen molar-refractivity contribution >= 4 is 17.5 Å². The van der Waals surface area contributed by atoms with E-state index in [0.717, 1.165) is 38.2 Å². The molecule has 1 saturated heterocycles. The standard InChI is InChI=1S/C14H21N3O3/c1-20-14(19)11-7-13(16-8-12(11)15)17-5-2-3-10(9-17)4-6-18/h7-8,10,18H,2-6,9,15H2,1H3. The van der Waals surface area contributed by atoms with Crippen LogP contribution in [0.25, 0.3) is 0 Å². The Hall–Kier alpha value is -1.82. The summed E-state index contributed by atoms with van der Waals surface area (Å²) in [6.07, 6.45) is 4.48. The second-order valence-corrected chi connectivity index (χ2v) is 5.09. The zero-order valence-electron chi connectivity index (χ0n) is 11.7. The molecule has 1 aromatic rings. The average molecular weight is 279 g/mol. The normalized spacial score (nSPS) is 18.9. The molecule has 1 fully saturated rings. The van der Waals surface area contributed by atoms with Gasteiger partial charge in [0.25, 0.3) is 0 Å². The largest absolute Gasteiger partial charge is 0.465 e.